The molecule has 260 valence electrons. The molecule has 7 rings (SSSR count). The van der Waals surface area contributed by atoms with Gasteiger partial charge in [-0.25, -0.2) is 0 Å². The largest absolute Gasteiger partial charge is 1.00 e. The normalized spacial score (nSPS) is 21.0. The van der Waals surface area contributed by atoms with Crippen LogP contribution in [0.5, 0.6) is 0 Å². The van der Waals surface area contributed by atoms with Crippen molar-refractivity contribution >= 4 is 50.2 Å². The van der Waals surface area contributed by atoms with E-state index in [0.29, 0.717) is 12.1 Å². The zero-order valence-electron chi connectivity index (χ0n) is 31.1. The number of nitrogens with zero attached hydrogens (tertiary/aromatic N) is 2. The zero-order chi connectivity index (χ0) is 34.7. The van der Waals surface area contributed by atoms with E-state index in [1.54, 1.807) is 0 Å². The maximum atomic E-state index is 7.34. The Balaban J connectivity index is 0.00000432. The van der Waals surface area contributed by atoms with E-state index in [4.69, 9.17) is 11.6 Å². The molecular formula is C46H52BrClN2. The zero-order valence-corrected chi connectivity index (χ0v) is 33.4. The molecule has 4 aromatic rings. The Bertz CT molecular complexity index is 2120. The lowest BCUT2D eigenvalue weighted by molar-refractivity contribution is -0.478. The highest BCUT2D eigenvalue weighted by Gasteiger charge is 2.47. The first-order valence-electron chi connectivity index (χ1n) is 18.5. The van der Waals surface area contributed by atoms with Crippen molar-refractivity contribution in [1.82, 2.24) is 0 Å². The third-order valence-electron chi connectivity index (χ3n) is 11.8. The van der Waals surface area contributed by atoms with Gasteiger partial charge in [0.15, 0.2) is 11.8 Å². The minimum atomic E-state index is -0.131. The third kappa shape index (κ3) is 5.83. The van der Waals surface area contributed by atoms with Crippen LogP contribution in [0.15, 0.2) is 119 Å². The van der Waals surface area contributed by atoms with E-state index < -0.39 is 0 Å². The number of hydrogen-bond donors (Lipinski definition) is 0. The van der Waals surface area contributed by atoms with E-state index in [0.717, 1.165) is 37.1 Å². The summed E-state index contributed by atoms with van der Waals surface area (Å²) in [7, 11) is 0. The smallest absolute Gasteiger partial charge is 0.210 e. The van der Waals surface area contributed by atoms with Crippen LogP contribution in [0.1, 0.15) is 98.6 Å². The highest BCUT2D eigenvalue weighted by Crippen LogP contribution is 2.52. The van der Waals surface area contributed by atoms with Crippen molar-refractivity contribution in [2.45, 2.75) is 110 Å². The Morgan fingerprint density at radius 1 is 0.760 bits per heavy atom. The van der Waals surface area contributed by atoms with Crippen molar-refractivity contribution in [3.05, 3.63) is 130 Å². The number of anilines is 1. The first kappa shape index (κ1) is 36.4. The van der Waals surface area contributed by atoms with Gasteiger partial charge >= 0.3 is 0 Å². The first-order valence-corrected chi connectivity index (χ1v) is 18.9. The van der Waals surface area contributed by atoms with Gasteiger partial charge in [-0.3, -0.25) is 0 Å². The lowest BCUT2D eigenvalue weighted by Gasteiger charge is -2.31. The highest BCUT2D eigenvalue weighted by atomic mass is 79.9. The van der Waals surface area contributed by atoms with Gasteiger partial charge < -0.3 is 21.9 Å². The van der Waals surface area contributed by atoms with E-state index >= 15 is 0 Å². The molecule has 4 aromatic carbocycles. The van der Waals surface area contributed by atoms with Crippen LogP contribution in [0.4, 0.5) is 11.4 Å². The van der Waals surface area contributed by atoms with Crippen molar-refractivity contribution < 1.29 is 21.6 Å². The summed E-state index contributed by atoms with van der Waals surface area (Å²) in [4.78, 5) is 2.59. The van der Waals surface area contributed by atoms with Crippen LogP contribution in [0.25, 0.3) is 21.5 Å². The summed E-state index contributed by atoms with van der Waals surface area (Å²) in [6.45, 7) is 18.8. The standard InChI is InChI=1S/C46H52ClN2.BrH/c1-9-30(3)48-38-26-22-32-16-11-13-20-36(32)42(38)45(5,6)40(48)28-24-34-18-15-19-35(44(34)47)25-29-41-46(7,8)43-37-21-14-12-17-33(37)23-27-39(43)49(41)31(4)10-2;/h11-14,16-17,20-31H,9-10,15,18-19H2,1-8H3;1H/q+1;/p-1. The topological polar surface area (TPSA) is 6.25 Å². The van der Waals surface area contributed by atoms with Crippen molar-refractivity contribution in [3.8, 4) is 0 Å². The molecule has 0 radical (unpaired) electrons. The van der Waals surface area contributed by atoms with Gasteiger partial charge in [-0.15, -0.1) is 0 Å². The Morgan fingerprint density at radius 2 is 1.40 bits per heavy atom. The van der Waals surface area contributed by atoms with Gasteiger partial charge in [-0.1, -0.05) is 106 Å². The Hall–Kier alpha value is -3.40. The lowest BCUT2D eigenvalue weighted by atomic mass is 9.78. The van der Waals surface area contributed by atoms with Gasteiger partial charge in [-0.05, 0) is 110 Å². The minimum Gasteiger partial charge on any atom is -1.00 e. The predicted molar refractivity (Wildman–Crippen MR) is 213 cm³/mol. The molecule has 3 aliphatic rings. The van der Waals surface area contributed by atoms with Crippen LogP contribution in [-0.2, 0) is 10.8 Å². The van der Waals surface area contributed by atoms with Crippen molar-refractivity contribution in [3.63, 3.8) is 0 Å². The van der Waals surface area contributed by atoms with Crippen LogP contribution in [0, 0.1) is 0 Å². The average molecular weight is 748 g/mol. The summed E-state index contributed by atoms with van der Waals surface area (Å²) < 4.78 is 2.59. The van der Waals surface area contributed by atoms with Gasteiger partial charge in [0.05, 0.1) is 5.41 Å². The number of allylic oxidation sites excluding steroid dienone is 8. The van der Waals surface area contributed by atoms with Gasteiger partial charge in [0.25, 0.3) is 0 Å². The SMILES string of the molecule is CCC(C)N1/C(=C/C=C2\CCCC(/C=C/C3=[N+](C(C)CC)c4ccc5ccccc5c4C3(C)C)=C2Cl)C(C)(C)c2c1ccc1ccccc21.[Br-]. The quantitative estimate of drug-likeness (QED) is 0.171. The monoisotopic (exact) mass is 746 g/mol. The number of halogens is 2. The molecule has 50 heavy (non-hydrogen) atoms. The molecule has 2 atom stereocenters. The van der Waals surface area contributed by atoms with Crippen LogP contribution in [-0.4, -0.2) is 22.4 Å². The first-order chi connectivity index (χ1) is 23.5. The number of benzene rings is 4. The Labute approximate surface area is 315 Å². The van der Waals surface area contributed by atoms with Gasteiger partial charge in [0.2, 0.25) is 5.69 Å². The second kappa shape index (κ2) is 14.0. The molecule has 4 heteroatoms. The van der Waals surface area contributed by atoms with Crippen molar-refractivity contribution in [2.24, 2.45) is 0 Å². The molecule has 0 aromatic heterocycles. The fraction of sp³-hybridized carbons (Fsp3) is 0.370. The number of hydrogen-bond acceptors (Lipinski definition) is 1. The Kier molecular flexibility index (Phi) is 10.2. The fourth-order valence-corrected chi connectivity index (χ4v) is 9.13. The molecule has 0 saturated carbocycles. The molecular weight excluding hydrogens is 696 g/mol. The number of fused-ring (bicyclic) bond motifs is 6. The van der Waals surface area contributed by atoms with Crippen LogP contribution < -0.4 is 21.9 Å². The maximum Gasteiger partial charge on any atom is 0.210 e. The van der Waals surface area contributed by atoms with E-state index in [2.05, 4.69) is 162 Å². The summed E-state index contributed by atoms with van der Waals surface area (Å²) in [6, 6.07) is 27.7. The van der Waals surface area contributed by atoms with Crippen LogP contribution >= 0.6 is 11.6 Å². The summed E-state index contributed by atoms with van der Waals surface area (Å²) in [5.74, 6) is 0. The molecule has 1 aliphatic carbocycles. The molecule has 0 spiro atoms. The molecule has 0 saturated heterocycles. The number of rotatable bonds is 7. The summed E-state index contributed by atoms with van der Waals surface area (Å²) in [5.41, 5.74) is 10.5. The second-order valence-electron chi connectivity index (χ2n) is 15.5. The molecule has 0 bridgehead atoms. The molecule has 0 N–H and O–H groups in total. The second-order valence-corrected chi connectivity index (χ2v) is 15.9. The molecule has 2 nitrogen and oxygen atoms in total. The third-order valence-corrected chi connectivity index (χ3v) is 12.3. The van der Waals surface area contributed by atoms with Gasteiger partial charge in [0, 0.05) is 52.0 Å². The lowest BCUT2D eigenvalue weighted by Crippen LogP contribution is -3.00. The van der Waals surface area contributed by atoms with Crippen LogP contribution in [0.2, 0.25) is 0 Å². The van der Waals surface area contributed by atoms with E-state index in [1.165, 1.54) is 66.6 Å². The molecule has 2 heterocycles. The van der Waals surface area contributed by atoms with Crippen molar-refractivity contribution in [2.75, 3.05) is 4.90 Å². The van der Waals surface area contributed by atoms with Gasteiger partial charge in [0.1, 0.15) is 0 Å². The molecule has 0 fully saturated rings. The summed E-state index contributed by atoms with van der Waals surface area (Å²) >= 11 is 7.34. The summed E-state index contributed by atoms with van der Waals surface area (Å²) in [6.07, 6.45) is 14.7. The molecule has 2 aliphatic heterocycles. The summed E-state index contributed by atoms with van der Waals surface area (Å²) in [5, 5.41) is 6.23. The Morgan fingerprint density at radius 3 is 2.06 bits per heavy atom. The maximum absolute atomic E-state index is 7.34. The van der Waals surface area contributed by atoms with E-state index in [1.807, 2.05) is 0 Å². The van der Waals surface area contributed by atoms with Crippen LogP contribution in [0.3, 0.4) is 0 Å². The fourth-order valence-electron chi connectivity index (χ4n) is 8.81. The predicted octanol–water partition coefficient (Wildman–Crippen LogP) is 9.81. The van der Waals surface area contributed by atoms with Gasteiger partial charge in [-0.2, -0.15) is 4.58 Å². The van der Waals surface area contributed by atoms with E-state index in [-0.39, 0.29) is 27.8 Å². The van der Waals surface area contributed by atoms with E-state index in [9.17, 15) is 0 Å². The molecule has 2 unspecified atom stereocenters. The van der Waals surface area contributed by atoms with Crippen molar-refractivity contribution in [1.29, 1.82) is 0 Å². The average Bonchev–Trinajstić information content (AvgIpc) is 3.48. The molecule has 0 amide bonds. The highest BCUT2D eigenvalue weighted by molar-refractivity contribution is 6.32. The minimum absolute atomic E-state index is 0.